The number of aromatic nitrogens is 2. The third kappa shape index (κ3) is 6.43. The van der Waals surface area contributed by atoms with Crippen molar-refractivity contribution in [2.75, 3.05) is 10.6 Å². The Kier molecular flexibility index (Phi) is 7.77. The molecule has 2 N–H and O–H groups in total. The smallest absolute Gasteiger partial charge is 0.322 e. The van der Waals surface area contributed by atoms with Gasteiger partial charge in [-0.3, -0.25) is 9.59 Å². The molecule has 0 fully saturated rings. The van der Waals surface area contributed by atoms with Gasteiger partial charge in [-0.05, 0) is 48.5 Å². The highest BCUT2D eigenvalue weighted by Gasteiger charge is 2.33. The predicted molar refractivity (Wildman–Crippen MR) is 148 cm³/mol. The van der Waals surface area contributed by atoms with Gasteiger partial charge in [-0.2, -0.15) is 31.4 Å². The van der Waals surface area contributed by atoms with E-state index in [9.17, 15) is 35.9 Å². The van der Waals surface area contributed by atoms with Crippen LogP contribution in [0.15, 0.2) is 109 Å². The number of hydrogen-bond acceptors (Lipinski definition) is 3. The fourth-order valence-corrected chi connectivity index (χ4v) is 4.34. The van der Waals surface area contributed by atoms with Gasteiger partial charge in [0, 0.05) is 16.9 Å². The van der Waals surface area contributed by atoms with Gasteiger partial charge in [-0.1, -0.05) is 60.7 Å². The van der Waals surface area contributed by atoms with Crippen molar-refractivity contribution in [3.63, 3.8) is 0 Å². The number of carbonyl (C=O) groups is 2. The molecule has 2 amide bonds. The minimum Gasteiger partial charge on any atom is -0.322 e. The van der Waals surface area contributed by atoms with Crippen LogP contribution in [0.1, 0.15) is 32.0 Å². The Labute approximate surface area is 240 Å². The van der Waals surface area contributed by atoms with Gasteiger partial charge in [-0.25, -0.2) is 4.68 Å². The summed E-state index contributed by atoms with van der Waals surface area (Å²) in [5.41, 5.74) is -2.19. The summed E-state index contributed by atoms with van der Waals surface area (Å²) in [7, 11) is 0. The number of anilines is 2. The van der Waals surface area contributed by atoms with E-state index in [1.807, 2.05) is 0 Å². The van der Waals surface area contributed by atoms with Gasteiger partial charge in [-0.15, -0.1) is 0 Å². The van der Waals surface area contributed by atoms with E-state index < -0.39 is 41.0 Å². The quantitative estimate of drug-likeness (QED) is 0.195. The van der Waals surface area contributed by atoms with E-state index >= 15 is 0 Å². The lowest BCUT2D eigenvalue weighted by Crippen LogP contribution is -2.20. The fourth-order valence-electron chi connectivity index (χ4n) is 4.34. The van der Waals surface area contributed by atoms with Crippen LogP contribution in [-0.2, 0) is 12.4 Å². The van der Waals surface area contributed by atoms with Crippen LogP contribution in [0.2, 0.25) is 0 Å². The van der Waals surface area contributed by atoms with Gasteiger partial charge in [0.2, 0.25) is 0 Å². The molecule has 0 unspecified atom stereocenters. The summed E-state index contributed by atoms with van der Waals surface area (Å²) >= 11 is 0. The molecule has 0 aliphatic rings. The number of amides is 2. The first-order chi connectivity index (χ1) is 20.4. The van der Waals surface area contributed by atoms with Crippen LogP contribution in [0.5, 0.6) is 0 Å². The van der Waals surface area contributed by atoms with Crippen molar-refractivity contribution >= 4 is 23.2 Å². The molecule has 4 aromatic carbocycles. The summed E-state index contributed by atoms with van der Waals surface area (Å²) in [5.74, 6) is -1.98. The van der Waals surface area contributed by atoms with E-state index in [0.717, 1.165) is 36.4 Å². The molecular formula is C31H20F6N4O2. The Bertz CT molecular complexity index is 1780. The van der Waals surface area contributed by atoms with Crippen LogP contribution in [0.25, 0.3) is 16.9 Å². The van der Waals surface area contributed by atoms with E-state index in [-0.39, 0.29) is 22.6 Å². The van der Waals surface area contributed by atoms with Crippen LogP contribution in [0.3, 0.4) is 0 Å². The Morgan fingerprint density at radius 3 is 1.60 bits per heavy atom. The molecule has 0 saturated heterocycles. The van der Waals surface area contributed by atoms with Crippen LogP contribution in [0.4, 0.5) is 37.7 Å². The SMILES string of the molecule is O=C(Nc1cccc(C(F)(F)F)c1)c1nn(-c2ccccc2)c(-c2ccccc2)c1C(=O)Nc1cccc(C(F)(F)F)c1. The monoisotopic (exact) mass is 594 g/mol. The molecule has 0 radical (unpaired) electrons. The topological polar surface area (TPSA) is 76.0 Å². The zero-order valence-electron chi connectivity index (χ0n) is 21.9. The number of hydrogen-bond donors (Lipinski definition) is 2. The molecule has 0 spiro atoms. The Balaban J connectivity index is 1.66. The zero-order valence-corrected chi connectivity index (χ0v) is 21.9. The zero-order chi connectivity index (χ0) is 30.8. The van der Waals surface area contributed by atoms with E-state index in [1.54, 1.807) is 60.7 Å². The minimum atomic E-state index is -4.68. The van der Waals surface area contributed by atoms with Gasteiger partial charge in [0.05, 0.1) is 28.1 Å². The van der Waals surface area contributed by atoms with Crippen LogP contribution in [0, 0.1) is 0 Å². The average molecular weight is 595 g/mol. The Morgan fingerprint density at radius 2 is 1.09 bits per heavy atom. The molecule has 0 aliphatic heterocycles. The third-order valence-electron chi connectivity index (χ3n) is 6.27. The van der Waals surface area contributed by atoms with Crippen LogP contribution >= 0.6 is 0 Å². The number of carbonyl (C=O) groups excluding carboxylic acids is 2. The number of halogens is 6. The van der Waals surface area contributed by atoms with E-state index in [1.165, 1.54) is 16.8 Å². The van der Waals surface area contributed by atoms with E-state index in [0.29, 0.717) is 11.3 Å². The number of alkyl halides is 6. The summed E-state index contributed by atoms with van der Waals surface area (Å²) in [6.45, 7) is 0. The molecule has 0 atom stereocenters. The van der Waals surface area contributed by atoms with Gasteiger partial charge >= 0.3 is 12.4 Å². The first-order valence-corrected chi connectivity index (χ1v) is 12.6. The molecule has 218 valence electrons. The first-order valence-electron chi connectivity index (χ1n) is 12.6. The number of nitrogens with one attached hydrogen (secondary N) is 2. The highest BCUT2D eigenvalue weighted by Crippen LogP contribution is 2.34. The number of nitrogens with zero attached hydrogens (tertiary/aromatic N) is 2. The summed E-state index contributed by atoms with van der Waals surface area (Å²) in [6, 6.07) is 24.6. The fraction of sp³-hybridized carbons (Fsp3) is 0.0645. The van der Waals surface area contributed by atoms with E-state index in [2.05, 4.69) is 15.7 Å². The molecule has 5 aromatic rings. The van der Waals surface area contributed by atoms with Gasteiger partial charge in [0.1, 0.15) is 0 Å². The van der Waals surface area contributed by atoms with Gasteiger partial charge in [0.15, 0.2) is 5.69 Å². The van der Waals surface area contributed by atoms with Crippen molar-refractivity contribution in [3.05, 3.63) is 132 Å². The lowest BCUT2D eigenvalue weighted by Gasteiger charge is -2.12. The maximum Gasteiger partial charge on any atom is 0.416 e. The van der Waals surface area contributed by atoms with Crippen molar-refractivity contribution in [2.45, 2.75) is 12.4 Å². The first kappa shape index (κ1) is 29.1. The lowest BCUT2D eigenvalue weighted by molar-refractivity contribution is -0.138. The molecule has 1 heterocycles. The van der Waals surface area contributed by atoms with Crippen molar-refractivity contribution in [1.82, 2.24) is 9.78 Å². The Hall–Kier alpha value is -5.39. The molecule has 0 aliphatic carbocycles. The largest absolute Gasteiger partial charge is 0.416 e. The molecule has 5 rings (SSSR count). The molecule has 43 heavy (non-hydrogen) atoms. The maximum atomic E-state index is 13.8. The molecule has 6 nitrogen and oxygen atoms in total. The second-order valence-corrected chi connectivity index (χ2v) is 9.25. The molecule has 12 heteroatoms. The summed E-state index contributed by atoms with van der Waals surface area (Å²) in [4.78, 5) is 27.4. The normalized spacial score (nSPS) is 11.7. The molecular weight excluding hydrogens is 574 g/mol. The summed E-state index contributed by atoms with van der Waals surface area (Å²) < 4.78 is 81.2. The second kappa shape index (κ2) is 11.5. The average Bonchev–Trinajstić information content (AvgIpc) is 3.39. The lowest BCUT2D eigenvalue weighted by atomic mass is 10.0. The standard InChI is InChI=1S/C31H20F6N4O2/c32-30(33,34)20-11-7-13-22(17-20)38-28(42)25-26(29(43)39-23-14-8-12-21(18-23)31(35,36)37)40-41(24-15-5-2-6-16-24)27(25)19-9-3-1-4-10-19/h1-18H,(H,38,42)(H,39,43). The van der Waals surface area contributed by atoms with Gasteiger partial charge < -0.3 is 10.6 Å². The van der Waals surface area contributed by atoms with Crippen LogP contribution < -0.4 is 10.6 Å². The molecule has 0 saturated carbocycles. The molecule has 1 aromatic heterocycles. The second-order valence-electron chi connectivity index (χ2n) is 9.25. The summed E-state index contributed by atoms with van der Waals surface area (Å²) in [6.07, 6.45) is -9.35. The van der Waals surface area contributed by atoms with E-state index in [4.69, 9.17) is 0 Å². The number of benzene rings is 4. The van der Waals surface area contributed by atoms with Crippen molar-refractivity contribution in [3.8, 4) is 16.9 Å². The maximum absolute atomic E-state index is 13.8. The van der Waals surface area contributed by atoms with Crippen molar-refractivity contribution < 1.29 is 35.9 Å². The highest BCUT2D eigenvalue weighted by molar-refractivity contribution is 6.17. The number of rotatable bonds is 6. The third-order valence-corrected chi connectivity index (χ3v) is 6.27. The van der Waals surface area contributed by atoms with Crippen molar-refractivity contribution in [2.24, 2.45) is 0 Å². The van der Waals surface area contributed by atoms with Crippen LogP contribution in [-0.4, -0.2) is 21.6 Å². The minimum absolute atomic E-state index is 0.130. The predicted octanol–water partition coefficient (Wildman–Crippen LogP) is 8.08. The van der Waals surface area contributed by atoms with Crippen molar-refractivity contribution in [1.29, 1.82) is 0 Å². The van der Waals surface area contributed by atoms with Gasteiger partial charge in [0.25, 0.3) is 11.8 Å². The highest BCUT2D eigenvalue weighted by atomic mass is 19.4. The molecule has 0 bridgehead atoms. The number of para-hydroxylation sites is 1. The summed E-state index contributed by atoms with van der Waals surface area (Å²) in [5, 5.41) is 9.16. The Morgan fingerprint density at radius 1 is 0.605 bits per heavy atom.